The van der Waals surface area contributed by atoms with E-state index in [1.165, 1.54) is 128 Å². The molecular formula is C75H124O6. The second kappa shape index (κ2) is 68.1. The van der Waals surface area contributed by atoms with E-state index in [0.29, 0.717) is 19.3 Å². The molecule has 0 fully saturated rings. The maximum Gasteiger partial charge on any atom is 0.306 e. The van der Waals surface area contributed by atoms with Crippen molar-refractivity contribution in [2.24, 2.45) is 0 Å². The van der Waals surface area contributed by atoms with E-state index in [9.17, 15) is 14.4 Å². The van der Waals surface area contributed by atoms with Crippen LogP contribution in [0.1, 0.15) is 303 Å². The monoisotopic (exact) mass is 1120 g/mol. The number of hydrogen-bond donors (Lipinski definition) is 0. The summed E-state index contributed by atoms with van der Waals surface area (Å²) in [6.07, 6.45) is 96.0. The van der Waals surface area contributed by atoms with Crippen LogP contribution in [0.3, 0.4) is 0 Å². The normalized spacial score (nSPS) is 13.0. The van der Waals surface area contributed by atoms with E-state index in [1.54, 1.807) is 0 Å². The Morgan fingerprint density at radius 2 is 0.481 bits per heavy atom. The molecule has 6 heteroatoms. The number of ether oxygens (including phenoxy) is 3. The molecule has 0 heterocycles. The third-order valence-corrected chi connectivity index (χ3v) is 14.1. The van der Waals surface area contributed by atoms with Crippen LogP contribution in [-0.2, 0) is 28.6 Å². The molecule has 0 aromatic rings. The first kappa shape index (κ1) is 76.5. The Bertz CT molecular complexity index is 1720. The Morgan fingerprint density at radius 1 is 0.259 bits per heavy atom. The highest BCUT2D eigenvalue weighted by Crippen LogP contribution is 2.16. The van der Waals surface area contributed by atoms with Gasteiger partial charge in [-0.2, -0.15) is 0 Å². The second-order valence-electron chi connectivity index (χ2n) is 22.0. The van der Waals surface area contributed by atoms with E-state index in [-0.39, 0.29) is 31.1 Å². The van der Waals surface area contributed by atoms with Crippen LogP contribution in [-0.4, -0.2) is 37.2 Å². The lowest BCUT2D eigenvalue weighted by molar-refractivity contribution is -0.167. The molecule has 0 N–H and O–H groups in total. The van der Waals surface area contributed by atoms with Gasteiger partial charge in [-0.15, -0.1) is 0 Å². The Balaban J connectivity index is 4.41. The van der Waals surface area contributed by atoms with Gasteiger partial charge in [-0.3, -0.25) is 14.4 Å². The lowest BCUT2D eigenvalue weighted by Gasteiger charge is -2.18. The van der Waals surface area contributed by atoms with E-state index in [2.05, 4.69) is 154 Å². The fourth-order valence-corrected chi connectivity index (χ4v) is 9.11. The molecule has 460 valence electrons. The van der Waals surface area contributed by atoms with E-state index >= 15 is 0 Å². The quantitative estimate of drug-likeness (QED) is 0.0261. The van der Waals surface area contributed by atoms with Gasteiger partial charge in [0.25, 0.3) is 0 Å². The summed E-state index contributed by atoms with van der Waals surface area (Å²) in [7, 11) is 0. The van der Waals surface area contributed by atoms with E-state index < -0.39 is 6.10 Å². The topological polar surface area (TPSA) is 78.9 Å². The third kappa shape index (κ3) is 66.2. The molecule has 6 nitrogen and oxygen atoms in total. The standard InChI is InChI=1S/C75H124O6/c1-4-7-10-13-16-19-22-25-28-30-32-33-34-35-36-37-38-39-40-41-42-43-44-46-47-50-53-56-59-62-65-68-74(77)80-71-72(70-79-73(76)67-64-61-58-55-52-49-27-24-21-18-15-12-9-6-3)81-75(78)69-66-63-60-57-54-51-48-45-31-29-26-23-20-17-14-11-8-5-2/h7,10,16,19-20,23,25,28-29,31-33,35-36,38-39,41-42,44,46,50,53,72H,4-6,8-9,11-15,17-18,21-22,24,26-27,30,34,37,40,43,45,47-49,51-52,54-71H2,1-3H3/b10-7-,19-16-,23-20-,28-25-,31-29-,33-32-,36-35-,39-38-,42-41-,46-44-,53-50-. The maximum atomic E-state index is 12.9. The first-order chi connectivity index (χ1) is 40.0. The molecule has 0 amide bonds. The summed E-state index contributed by atoms with van der Waals surface area (Å²) in [6, 6.07) is 0. The van der Waals surface area contributed by atoms with Crippen LogP contribution >= 0.6 is 0 Å². The minimum absolute atomic E-state index is 0.0925. The summed E-state index contributed by atoms with van der Waals surface area (Å²) in [5.74, 6) is -0.928. The number of carbonyl (C=O) groups excluding carboxylic acids is 3. The predicted octanol–water partition coefficient (Wildman–Crippen LogP) is 23.3. The van der Waals surface area contributed by atoms with Crippen molar-refractivity contribution in [2.45, 2.75) is 309 Å². The van der Waals surface area contributed by atoms with Gasteiger partial charge in [-0.1, -0.05) is 296 Å². The fourth-order valence-electron chi connectivity index (χ4n) is 9.11. The van der Waals surface area contributed by atoms with Crippen molar-refractivity contribution in [1.29, 1.82) is 0 Å². The second-order valence-corrected chi connectivity index (χ2v) is 22.0. The highest BCUT2D eigenvalue weighted by atomic mass is 16.6. The average Bonchev–Trinajstić information content (AvgIpc) is 3.47. The van der Waals surface area contributed by atoms with Crippen molar-refractivity contribution >= 4 is 17.9 Å². The zero-order valence-electron chi connectivity index (χ0n) is 52.8. The number of carbonyl (C=O) groups is 3. The lowest BCUT2D eigenvalue weighted by Crippen LogP contribution is -2.30. The molecule has 1 atom stereocenters. The van der Waals surface area contributed by atoms with E-state index in [1.807, 2.05) is 0 Å². The molecule has 0 saturated heterocycles. The first-order valence-corrected chi connectivity index (χ1v) is 33.7. The van der Waals surface area contributed by atoms with Gasteiger partial charge in [-0.25, -0.2) is 0 Å². The van der Waals surface area contributed by atoms with Crippen LogP contribution in [0.5, 0.6) is 0 Å². The maximum absolute atomic E-state index is 12.9. The molecule has 0 spiro atoms. The Labute approximate surface area is 500 Å². The van der Waals surface area contributed by atoms with Crippen molar-refractivity contribution in [3.05, 3.63) is 134 Å². The molecule has 81 heavy (non-hydrogen) atoms. The lowest BCUT2D eigenvalue weighted by atomic mass is 10.0. The van der Waals surface area contributed by atoms with Crippen molar-refractivity contribution in [3.8, 4) is 0 Å². The SMILES string of the molecule is CC/C=C\C/C=C\C/C=C\C/C=C\C/C=C\C/C=C\C/C=C\C/C=C\C/C=C\CCCCCC(=O)OCC(COC(=O)CCCCCCCCCCCCCCCC)OC(=O)CCCCCCCCC/C=C\C/C=C\CCCCCC. The van der Waals surface area contributed by atoms with Crippen molar-refractivity contribution in [3.63, 3.8) is 0 Å². The summed E-state index contributed by atoms with van der Waals surface area (Å²) in [5.41, 5.74) is 0. The number of hydrogen-bond acceptors (Lipinski definition) is 6. The molecule has 0 bridgehead atoms. The summed E-state index contributed by atoms with van der Waals surface area (Å²) in [4.78, 5) is 38.4. The smallest absolute Gasteiger partial charge is 0.306 e. The van der Waals surface area contributed by atoms with Gasteiger partial charge in [0.1, 0.15) is 13.2 Å². The van der Waals surface area contributed by atoms with Gasteiger partial charge in [0.15, 0.2) is 6.10 Å². The minimum Gasteiger partial charge on any atom is -0.462 e. The van der Waals surface area contributed by atoms with Crippen LogP contribution in [0.25, 0.3) is 0 Å². The molecule has 0 radical (unpaired) electrons. The number of esters is 3. The Hall–Kier alpha value is -4.45. The third-order valence-electron chi connectivity index (χ3n) is 14.1. The molecule has 0 rings (SSSR count). The zero-order chi connectivity index (χ0) is 58.5. The highest BCUT2D eigenvalue weighted by molar-refractivity contribution is 5.71. The Kier molecular flexibility index (Phi) is 64.3. The Morgan fingerprint density at radius 3 is 0.778 bits per heavy atom. The number of unbranched alkanes of at least 4 members (excludes halogenated alkanes) is 27. The zero-order valence-corrected chi connectivity index (χ0v) is 52.8. The van der Waals surface area contributed by atoms with Gasteiger partial charge in [0.05, 0.1) is 0 Å². The van der Waals surface area contributed by atoms with Crippen LogP contribution < -0.4 is 0 Å². The van der Waals surface area contributed by atoms with Gasteiger partial charge in [0.2, 0.25) is 0 Å². The van der Waals surface area contributed by atoms with Gasteiger partial charge in [0, 0.05) is 19.3 Å². The fraction of sp³-hybridized carbons (Fsp3) is 0.667. The van der Waals surface area contributed by atoms with Crippen LogP contribution in [0.15, 0.2) is 134 Å². The molecule has 0 aliphatic carbocycles. The molecule has 0 aliphatic heterocycles. The van der Waals surface area contributed by atoms with Crippen molar-refractivity contribution in [1.82, 2.24) is 0 Å². The number of allylic oxidation sites excluding steroid dienone is 22. The van der Waals surface area contributed by atoms with Crippen molar-refractivity contribution < 1.29 is 28.6 Å². The van der Waals surface area contributed by atoms with Crippen molar-refractivity contribution in [2.75, 3.05) is 13.2 Å². The van der Waals surface area contributed by atoms with Crippen LogP contribution in [0.2, 0.25) is 0 Å². The highest BCUT2D eigenvalue weighted by Gasteiger charge is 2.19. The summed E-state index contributed by atoms with van der Waals surface area (Å²) < 4.78 is 16.9. The van der Waals surface area contributed by atoms with Crippen LogP contribution in [0.4, 0.5) is 0 Å². The molecule has 0 aromatic carbocycles. The summed E-state index contributed by atoms with van der Waals surface area (Å²) >= 11 is 0. The molecule has 0 aromatic heterocycles. The first-order valence-electron chi connectivity index (χ1n) is 33.7. The summed E-state index contributed by atoms with van der Waals surface area (Å²) in [5, 5.41) is 0. The molecule has 1 unspecified atom stereocenters. The summed E-state index contributed by atoms with van der Waals surface area (Å²) in [6.45, 7) is 6.49. The number of rotatable bonds is 60. The van der Waals surface area contributed by atoms with Crippen LogP contribution in [0, 0.1) is 0 Å². The minimum atomic E-state index is -0.800. The largest absolute Gasteiger partial charge is 0.462 e. The molecule has 0 aliphatic rings. The molecule has 0 saturated carbocycles. The predicted molar refractivity (Wildman–Crippen MR) is 353 cm³/mol. The van der Waals surface area contributed by atoms with Gasteiger partial charge >= 0.3 is 17.9 Å². The average molecular weight is 1120 g/mol. The molecular weight excluding hydrogens is 997 g/mol. The van der Waals surface area contributed by atoms with Gasteiger partial charge in [-0.05, 0) is 122 Å². The van der Waals surface area contributed by atoms with E-state index in [0.717, 1.165) is 135 Å². The van der Waals surface area contributed by atoms with E-state index in [4.69, 9.17) is 14.2 Å². The van der Waals surface area contributed by atoms with Gasteiger partial charge < -0.3 is 14.2 Å².